The summed E-state index contributed by atoms with van der Waals surface area (Å²) in [6.07, 6.45) is -2.49. The van der Waals surface area contributed by atoms with Crippen LogP contribution in [-0.2, 0) is 11.0 Å². The SMILES string of the molecule is CC(=NCC(=O)C1CCC(O)CC1)c1c(O)n(-c2cc(C)cc(C)c2)c2cc(C(F)(F)F)ccc12. The van der Waals surface area contributed by atoms with E-state index in [9.17, 15) is 28.2 Å². The van der Waals surface area contributed by atoms with Crippen molar-refractivity contribution in [3.8, 4) is 11.6 Å². The molecule has 0 spiro atoms. The minimum absolute atomic E-state index is 0.0341. The number of benzene rings is 2. The Morgan fingerprint density at radius 3 is 2.29 bits per heavy atom. The number of aromatic hydroxyl groups is 1. The summed E-state index contributed by atoms with van der Waals surface area (Å²) in [6, 6.07) is 8.89. The predicted octanol–water partition coefficient (Wildman–Crippen LogP) is 5.90. The summed E-state index contributed by atoms with van der Waals surface area (Å²) in [5, 5.41) is 21.3. The van der Waals surface area contributed by atoms with Gasteiger partial charge in [-0.1, -0.05) is 12.1 Å². The van der Waals surface area contributed by atoms with Gasteiger partial charge in [0.2, 0.25) is 5.88 Å². The van der Waals surface area contributed by atoms with Gasteiger partial charge >= 0.3 is 6.18 Å². The van der Waals surface area contributed by atoms with Gasteiger partial charge in [-0.3, -0.25) is 14.4 Å². The third kappa shape index (κ3) is 5.12. The number of aromatic nitrogens is 1. The smallest absolute Gasteiger partial charge is 0.416 e. The molecule has 186 valence electrons. The van der Waals surface area contributed by atoms with Crippen LogP contribution in [-0.4, -0.2) is 38.9 Å². The average Bonchev–Trinajstić information content (AvgIpc) is 3.07. The van der Waals surface area contributed by atoms with Crippen molar-refractivity contribution in [3.63, 3.8) is 0 Å². The quantitative estimate of drug-likeness (QED) is 0.441. The van der Waals surface area contributed by atoms with Crippen LogP contribution < -0.4 is 0 Å². The molecule has 0 bridgehead atoms. The molecule has 0 saturated heterocycles. The number of alkyl halides is 3. The molecule has 0 atom stereocenters. The number of hydrogen-bond donors (Lipinski definition) is 2. The molecule has 0 unspecified atom stereocenters. The topological polar surface area (TPSA) is 74.8 Å². The van der Waals surface area contributed by atoms with E-state index in [1.165, 1.54) is 10.6 Å². The molecule has 0 amide bonds. The van der Waals surface area contributed by atoms with Crippen LogP contribution in [0.1, 0.15) is 54.9 Å². The predicted molar refractivity (Wildman–Crippen MR) is 129 cm³/mol. The van der Waals surface area contributed by atoms with Gasteiger partial charge < -0.3 is 10.2 Å². The maximum Gasteiger partial charge on any atom is 0.416 e. The van der Waals surface area contributed by atoms with Gasteiger partial charge in [-0.25, -0.2) is 0 Å². The highest BCUT2D eigenvalue weighted by molar-refractivity contribution is 6.13. The Hall–Kier alpha value is -3.13. The highest BCUT2D eigenvalue weighted by Gasteiger charge is 2.32. The van der Waals surface area contributed by atoms with Crippen molar-refractivity contribution in [2.24, 2.45) is 10.9 Å². The number of Topliss-reactive ketones (excluding diaryl/α,β-unsaturated/α-hetero) is 1. The molecule has 5 nitrogen and oxygen atoms in total. The van der Waals surface area contributed by atoms with Gasteiger partial charge in [0.1, 0.15) is 0 Å². The number of aliphatic imine (C=N–C) groups is 1. The molecular formula is C27H29F3N2O3. The fraction of sp³-hybridized carbons (Fsp3) is 0.407. The number of carbonyl (C=O) groups is 1. The van der Waals surface area contributed by atoms with Crippen LogP contribution in [0.4, 0.5) is 13.2 Å². The zero-order valence-corrected chi connectivity index (χ0v) is 20.0. The monoisotopic (exact) mass is 486 g/mol. The van der Waals surface area contributed by atoms with Gasteiger partial charge in [-0.2, -0.15) is 13.2 Å². The van der Waals surface area contributed by atoms with Crippen molar-refractivity contribution < 1.29 is 28.2 Å². The Morgan fingerprint density at radius 1 is 1.06 bits per heavy atom. The van der Waals surface area contributed by atoms with E-state index in [0.29, 0.717) is 48.0 Å². The molecule has 1 aliphatic rings. The molecular weight excluding hydrogens is 457 g/mol. The third-order valence-corrected chi connectivity index (χ3v) is 6.72. The molecule has 1 aromatic heterocycles. The Kier molecular flexibility index (Phi) is 6.77. The number of aryl methyl sites for hydroxylation is 2. The number of halogens is 3. The summed E-state index contributed by atoms with van der Waals surface area (Å²) >= 11 is 0. The van der Waals surface area contributed by atoms with Crippen molar-refractivity contribution in [3.05, 3.63) is 58.7 Å². The van der Waals surface area contributed by atoms with Gasteiger partial charge in [0.05, 0.1) is 29.3 Å². The van der Waals surface area contributed by atoms with Crippen LogP contribution >= 0.6 is 0 Å². The van der Waals surface area contributed by atoms with E-state index in [1.54, 1.807) is 19.1 Å². The second kappa shape index (κ2) is 9.49. The number of hydrogen-bond acceptors (Lipinski definition) is 4. The largest absolute Gasteiger partial charge is 0.494 e. The zero-order valence-electron chi connectivity index (χ0n) is 20.0. The minimum Gasteiger partial charge on any atom is -0.494 e. The summed E-state index contributed by atoms with van der Waals surface area (Å²) in [7, 11) is 0. The fourth-order valence-electron chi connectivity index (χ4n) is 4.95. The van der Waals surface area contributed by atoms with E-state index in [2.05, 4.69) is 4.99 Å². The molecule has 4 rings (SSSR count). The second-order valence-corrected chi connectivity index (χ2v) is 9.48. The summed E-state index contributed by atoms with van der Waals surface area (Å²) in [5.41, 5.74) is 2.43. The first-order valence-corrected chi connectivity index (χ1v) is 11.7. The number of aliphatic hydroxyl groups is 1. The Balaban J connectivity index is 1.79. The van der Waals surface area contributed by atoms with Gasteiger partial charge in [0, 0.05) is 22.7 Å². The second-order valence-electron chi connectivity index (χ2n) is 9.48. The van der Waals surface area contributed by atoms with Crippen LogP contribution in [0.3, 0.4) is 0 Å². The van der Waals surface area contributed by atoms with Crippen LogP contribution in [0.5, 0.6) is 5.88 Å². The third-order valence-electron chi connectivity index (χ3n) is 6.72. The lowest BCUT2D eigenvalue weighted by Gasteiger charge is -2.23. The van der Waals surface area contributed by atoms with Crippen molar-refractivity contribution in [2.75, 3.05) is 6.54 Å². The van der Waals surface area contributed by atoms with E-state index in [4.69, 9.17) is 0 Å². The van der Waals surface area contributed by atoms with Crippen molar-refractivity contribution in [2.45, 2.75) is 58.7 Å². The molecule has 2 N–H and O–H groups in total. The molecule has 35 heavy (non-hydrogen) atoms. The fourth-order valence-corrected chi connectivity index (χ4v) is 4.95. The lowest BCUT2D eigenvalue weighted by molar-refractivity contribution is -0.137. The van der Waals surface area contributed by atoms with E-state index < -0.39 is 11.7 Å². The molecule has 8 heteroatoms. The summed E-state index contributed by atoms with van der Waals surface area (Å²) in [5.74, 6) is -0.415. The number of carbonyl (C=O) groups excluding carboxylic acids is 1. The Labute approximate surface area is 201 Å². The maximum absolute atomic E-state index is 13.5. The zero-order chi connectivity index (χ0) is 25.5. The molecule has 1 aliphatic carbocycles. The van der Waals surface area contributed by atoms with E-state index in [0.717, 1.165) is 23.3 Å². The van der Waals surface area contributed by atoms with Gasteiger partial charge in [-0.15, -0.1) is 0 Å². The number of fused-ring (bicyclic) bond motifs is 1. The molecule has 1 heterocycles. The number of aliphatic hydroxyl groups excluding tert-OH is 1. The van der Waals surface area contributed by atoms with Crippen LogP contribution in [0, 0.1) is 19.8 Å². The average molecular weight is 487 g/mol. The first kappa shape index (κ1) is 25.0. The lowest BCUT2D eigenvalue weighted by atomic mass is 9.85. The summed E-state index contributed by atoms with van der Waals surface area (Å²) in [6.45, 7) is 5.33. The van der Waals surface area contributed by atoms with Crippen molar-refractivity contribution in [1.82, 2.24) is 4.57 Å². The van der Waals surface area contributed by atoms with Crippen LogP contribution in [0.25, 0.3) is 16.6 Å². The molecule has 3 aromatic rings. The van der Waals surface area contributed by atoms with Gasteiger partial charge in [-0.05, 0) is 81.8 Å². The number of ketones is 1. The normalized spacial score (nSPS) is 19.3. The molecule has 0 aliphatic heterocycles. The highest BCUT2D eigenvalue weighted by Crippen LogP contribution is 2.39. The molecule has 2 aromatic carbocycles. The highest BCUT2D eigenvalue weighted by atomic mass is 19.4. The lowest BCUT2D eigenvalue weighted by Crippen LogP contribution is -2.26. The molecule has 1 fully saturated rings. The maximum atomic E-state index is 13.5. The number of nitrogens with zero attached hydrogens (tertiary/aromatic N) is 2. The molecule has 1 saturated carbocycles. The van der Waals surface area contributed by atoms with Crippen LogP contribution in [0.15, 0.2) is 41.4 Å². The van der Waals surface area contributed by atoms with Crippen molar-refractivity contribution >= 4 is 22.4 Å². The van der Waals surface area contributed by atoms with Gasteiger partial charge in [0.25, 0.3) is 0 Å². The first-order valence-electron chi connectivity index (χ1n) is 11.7. The van der Waals surface area contributed by atoms with E-state index in [-0.39, 0.29) is 35.7 Å². The van der Waals surface area contributed by atoms with Crippen molar-refractivity contribution in [1.29, 1.82) is 0 Å². The summed E-state index contributed by atoms with van der Waals surface area (Å²) in [4.78, 5) is 17.1. The standard InChI is InChI=1S/C27H29F3N2O3/c1-15-10-16(2)12-20(11-15)32-23-13-19(27(28,29)30)6-9-22(23)25(26(32)35)17(3)31-14-24(34)18-4-7-21(33)8-5-18/h6,9-13,18,21,33,35H,4-5,7-8,14H2,1-3H3. The summed E-state index contributed by atoms with van der Waals surface area (Å²) < 4.78 is 41.9. The number of rotatable bonds is 5. The molecule has 0 radical (unpaired) electrons. The Bertz CT molecular complexity index is 1280. The minimum atomic E-state index is -4.54. The van der Waals surface area contributed by atoms with Gasteiger partial charge in [0.15, 0.2) is 5.78 Å². The Morgan fingerprint density at radius 2 is 1.69 bits per heavy atom. The van der Waals surface area contributed by atoms with E-state index >= 15 is 0 Å². The van der Waals surface area contributed by atoms with E-state index in [1.807, 2.05) is 19.9 Å². The first-order chi connectivity index (χ1) is 16.5. The van der Waals surface area contributed by atoms with Crippen LogP contribution in [0.2, 0.25) is 0 Å².